The van der Waals surface area contributed by atoms with Crippen molar-refractivity contribution in [2.24, 2.45) is 0 Å². The average molecular weight is 1150 g/mol. The second-order valence-electron chi connectivity index (χ2n) is 24.5. The molecule has 478 valence electrons. The quantitative estimate of drug-likeness (QED) is 0.0261. The summed E-state index contributed by atoms with van der Waals surface area (Å²) in [4.78, 5) is 38.3. The predicted octanol–water partition coefficient (Wildman–Crippen LogP) is 25.1. The number of ether oxygens (including phenoxy) is 3. The van der Waals surface area contributed by atoms with Crippen LogP contribution in [0, 0.1) is 0 Å². The zero-order chi connectivity index (χ0) is 59.2. The molecule has 0 fully saturated rings. The number of hydrogen-bond donors (Lipinski definition) is 0. The van der Waals surface area contributed by atoms with Crippen LogP contribution in [-0.2, 0) is 28.6 Å². The Bertz CT molecular complexity index is 1460. The van der Waals surface area contributed by atoms with Crippen LogP contribution >= 0.6 is 0 Å². The molecule has 0 rings (SSSR count). The highest BCUT2D eigenvalue weighted by atomic mass is 16.6. The Balaban J connectivity index is 4.07. The van der Waals surface area contributed by atoms with Gasteiger partial charge in [-0.1, -0.05) is 345 Å². The molecule has 0 saturated heterocycles. The van der Waals surface area contributed by atoms with Gasteiger partial charge in [0.05, 0.1) is 0 Å². The molecule has 82 heavy (non-hydrogen) atoms. The van der Waals surface area contributed by atoms with Gasteiger partial charge < -0.3 is 14.2 Å². The molecule has 0 aromatic rings. The third kappa shape index (κ3) is 67.9. The second-order valence-corrected chi connectivity index (χ2v) is 24.5. The van der Waals surface area contributed by atoms with E-state index in [1.165, 1.54) is 244 Å². The summed E-state index contributed by atoms with van der Waals surface area (Å²) in [5.41, 5.74) is 0. The highest BCUT2D eigenvalue weighted by molar-refractivity contribution is 5.71. The van der Waals surface area contributed by atoms with Crippen molar-refractivity contribution < 1.29 is 28.6 Å². The first kappa shape index (κ1) is 79.1. The van der Waals surface area contributed by atoms with Crippen LogP contribution in [0.2, 0.25) is 0 Å². The van der Waals surface area contributed by atoms with E-state index >= 15 is 0 Å². The van der Waals surface area contributed by atoms with E-state index in [-0.39, 0.29) is 31.1 Å². The van der Waals surface area contributed by atoms with Gasteiger partial charge in [0.1, 0.15) is 13.2 Å². The van der Waals surface area contributed by atoms with Crippen LogP contribution in [0.5, 0.6) is 0 Å². The van der Waals surface area contributed by atoms with Crippen molar-refractivity contribution in [2.45, 2.75) is 393 Å². The summed E-state index contributed by atoms with van der Waals surface area (Å²) in [6, 6.07) is 0. The molecule has 0 aromatic heterocycles. The molecule has 0 aliphatic carbocycles. The number of hydrogen-bond acceptors (Lipinski definition) is 6. The van der Waals surface area contributed by atoms with Crippen LogP contribution in [0.3, 0.4) is 0 Å². The standard InChI is InChI=1S/C76H138O6/c1-4-7-10-13-16-19-22-25-27-29-30-31-32-33-34-35-36-37-38-39-40-41-42-43-44-45-46-48-49-51-54-57-60-63-66-69-75(78)81-72-73(71-80-74(77)68-65-62-59-56-53-24-21-18-15-12-9-6-3)82-76(79)70-67-64-61-58-55-52-50-47-28-26-23-20-17-14-11-8-5-2/h8,11,17-18,20-21,26,28,50,52,73H,4-7,9-10,12-16,19,22-25,27,29-49,51,53-72H2,1-3H3/b11-8-,20-17-,21-18-,28-26-,52-50-. The molecule has 0 amide bonds. The largest absolute Gasteiger partial charge is 0.462 e. The first-order valence-electron chi connectivity index (χ1n) is 36.3. The van der Waals surface area contributed by atoms with Crippen molar-refractivity contribution in [1.82, 2.24) is 0 Å². The zero-order valence-electron chi connectivity index (χ0n) is 55.0. The summed E-state index contributed by atoms with van der Waals surface area (Å²) in [5.74, 6) is -0.899. The highest BCUT2D eigenvalue weighted by Crippen LogP contribution is 2.19. The lowest BCUT2D eigenvalue weighted by molar-refractivity contribution is -0.167. The summed E-state index contributed by atoms with van der Waals surface area (Å²) in [6.07, 6.45) is 91.5. The summed E-state index contributed by atoms with van der Waals surface area (Å²) in [7, 11) is 0. The van der Waals surface area contributed by atoms with Gasteiger partial charge in [0.25, 0.3) is 0 Å². The molecule has 0 saturated carbocycles. The molecule has 6 nitrogen and oxygen atoms in total. The zero-order valence-corrected chi connectivity index (χ0v) is 55.0. The van der Waals surface area contributed by atoms with E-state index < -0.39 is 6.10 Å². The number of carbonyl (C=O) groups excluding carboxylic acids is 3. The van der Waals surface area contributed by atoms with Crippen molar-refractivity contribution >= 4 is 17.9 Å². The van der Waals surface area contributed by atoms with Crippen molar-refractivity contribution in [3.05, 3.63) is 60.8 Å². The highest BCUT2D eigenvalue weighted by Gasteiger charge is 2.19. The predicted molar refractivity (Wildman–Crippen MR) is 358 cm³/mol. The first-order chi connectivity index (χ1) is 40.5. The maximum absolute atomic E-state index is 12.9. The third-order valence-corrected chi connectivity index (χ3v) is 16.3. The SMILES string of the molecule is CC/C=C\C/C=C\C/C=C\C/C=C\CCCCCCC(=O)OC(COC(=O)CCCCCCC/C=C\CCCCC)COC(=O)CCCCCCCCCCCCCCCCCCCCCCCCCCCCCCCCCCCCC. The number of rotatable bonds is 67. The van der Waals surface area contributed by atoms with Crippen LogP contribution in [0.25, 0.3) is 0 Å². The lowest BCUT2D eigenvalue weighted by atomic mass is 10.0. The van der Waals surface area contributed by atoms with Gasteiger partial charge in [-0.05, 0) is 83.5 Å². The monoisotopic (exact) mass is 1150 g/mol. The lowest BCUT2D eigenvalue weighted by Gasteiger charge is -2.18. The maximum Gasteiger partial charge on any atom is 0.306 e. The number of carbonyl (C=O) groups is 3. The molecule has 0 aliphatic rings. The smallest absolute Gasteiger partial charge is 0.306 e. The van der Waals surface area contributed by atoms with E-state index in [1.54, 1.807) is 0 Å². The minimum absolute atomic E-state index is 0.0839. The molecule has 0 N–H and O–H groups in total. The van der Waals surface area contributed by atoms with E-state index in [0.717, 1.165) is 103 Å². The number of esters is 3. The molecule has 0 aromatic carbocycles. The van der Waals surface area contributed by atoms with Crippen LogP contribution < -0.4 is 0 Å². The van der Waals surface area contributed by atoms with Crippen LogP contribution in [0.15, 0.2) is 60.8 Å². The molecular weight excluding hydrogens is 1010 g/mol. The third-order valence-electron chi connectivity index (χ3n) is 16.3. The number of unbranched alkanes of at least 4 members (excludes halogenated alkanes) is 46. The summed E-state index contributed by atoms with van der Waals surface area (Å²) in [5, 5.41) is 0. The van der Waals surface area contributed by atoms with Gasteiger partial charge in [-0.3, -0.25) is 14.4 Å². The lowest BCUT2D eigenvalue weighted by Crippen LogP contribution is -2.30. The van der Waals surface area contributed by atoms with Gasteiger partial charge in [-0.15, -0.1) is 0 Å². The van der Waals surface area contributed by atoms with Gasteiger partial charge in [-0.25, -0.2) is 0 Å². The van der Waals surface area contributed by atoms with Crippen molar-refractivity contribution in [3.63, 3.8) is 0 Å². The Hall–Kier alpha value is -2.89. The second kappa shape index (κ2) is 70.6. The van der Waals surface area contributed by atoms with Gasteiger partial charge in [-0.2, -0.15) is 0 Å². The fourth-order valence-corrected chi connectivity index (χ4v) is 10.8. The minimum Gasteiger partial charge on any atom is -0.462 e. The van der Waals surface area contributed by atoms with E-state index in [9.17, 15) is 14.4 Å². The summed E-state index contributed by atoms with van der Waals surface area (Å²) < 4.78 is 16.9. The van der Waals surface area contributed by atoms with Crippen molar-refractivity contribution in [3.8, 4) is 0 Å². The Labute approximate surface area is 510 Å². The van der Waals surface area contributed by atoms with Gasteiger partial charge in [0, 0.05) is 19.3 Å². The average Bonchev–Trinajstić information content (AvgIpc) is 3.47. The Morgan fingerprint density at radius 3 is 0.780 bits per heavy atom. The Morgan fingerprint density at radius 1 is 0.256 bits per heavy atom. The van der Waals surface area contributed by atoms with Crippen molar-refractivity contribution in [1.29, 1.82) is 0 Å². The molecule has 0 spiro atoms. The van der Waals surface area contributed by atoms with E-state index in [2.05, 4.69) is 81.5 Å². The van der Waals surface area contributed by atoms with Crippen LogP contribution in [-0.4, -0.2) is 37.2 Å². The molecular formula is C76H138O6. The van der Waals surface area contributed by atoms with Crippen LogP contribution in [0.1, 0.15) is 387 Å². The topological polar surface area (TPSA) is 78.9 Å². The fraction of sp³-hybridized carbons (Fsp3) is 0.829. The molecule has 0 aliphatic heterocycles. The van der Waals surface area contributed by atoms with E-state index in [1.807, 2.05) is 0 Å². The van der Waals surface area contributed by atoms with Gasteiger partial charge >= 0.3 is 17.9 Å². The normalized spacial score (nSPS) is 12.4. The molecule has 6 heteroatoms. The molecule has 0 radical (unpaired) electrons. The van der Waals surface area contributed by atoms with E-state index in [4.69, 9.17) is 14.2 Å². The fourth-order valence-electron chi connectivity index (χ4n) is 10.8. The molecule has 0 bridgehead atoms. The molecule has 1 atom stereocenters. The molecule has 1 unspecified atom stereocenters. The maximum atomic E-state index is 12.9. The number of allylic oxidation sites excluding steroid dienone is 10. The Kier molecular flexibility index (Phi) is 68.1. The van der Waals surface area contributed by atoms with Crippen LogP contribution in [0.4, 0.5) is 0 Å². The summed E-state index contributed by atoms with van der Waals surface area (Å²) >= 11 is 0. The van der Waals surface area contributed by atoms with Gasteiger partial charge in [0.15, 0.2) is 6.10 Å². The van der Waals surface area contributed by atoms with Crippen molar-refractivity contribution in [2.75, 3.05) is 13.2 Å². The first-order valence-corrected chi connectivity index (χ1v) is 36.3. The van der Waals surface area contributed by atoms with Gasteiger partial charge in [0.2, 0.25) is 0 Å². The molecule has 0 heterocycles. The summed E-state index contributed by atoms with van der Waals surface area (Å²) in [6.45, 7) is 6.53. The van der Waals surface area contributed by atoms with E-state index in [0.29, 0.717) is 19.3 Å². The minimum atomic E-state index is -0.790. The Morgan fingerprint density at radius 2 is 0.476 bits per heavy atom.